The number of carbonyl (C=O) groups is 2. The number of hydrogen-bond acceptors (Lipinski definition) is 5. The standard InChI is InChI=1S/C17H26N4O4S/c1-5-18-12-16(22)19(2)13-6-8-14(9-7-13)21-11-10-15(17(21)23)20(3)26(4,24)25/h6-9,15,18H,5,10-12H2,1-4H3. The summed E-state index contributed by atoms with van der Waals surface area (Å²) < 4.78 is 24.5. The number of carbonyl (C=O) groups excluding carboxylic acids is 2. The van der Waals surface area contributed by atoms with E-state index >= 15 is 0 Å². The van der Waals surface area contributed by atoms with Crippen LogP contribution in [0.5, 0.6) is 0 Å². The molecule has 2 amide bonds. The molecule has 0 bridgehead atoms. The first-order chi connectivity index (χ1) is 12.2. The lowest BCUT2D eigenvalue weighted by atomic mass is 10.2. The van der Waals surface area contributed by atoms with Gasteiger partial charge in [0, 0.05) is 32.0 Å². The molecule has 1 aliphatic heterocycles. The molecule has 0 aromatic heterocycles. The number of likely N-dealkylation sites (N-methyl/N-ethyl adjacent to an activating group) is 3. The summed E-state index contributed by atoms with van der Waals surface area (Å²) >= 11 is 0. The zero-order valence-electron chi connectivity index (χ0n) is 15.6. The van der Waals surface area contributed by atoms with E-state index in [9.17, 15) is 18.0 Å². The number of nitrogens with one attached hydrogen (secondary N) is 1. The average Bonchev–Trinajstić information content (AvgIpc) is 2.98. The Morgan fingerprint density at radius 3 is 2.42 bits per heavy atom. The van der Waals surface area contributed by atoms with Gasteiger partial charge >= 0.3 is 0 Å². The molecule has 1 saturated heterocycles. The third-order valence-corrected chi connectivity index (χ3v) is 5.89. The monoisotopic (exact) mass is 382 g/mol. The molecule has 1 aromatic rings. The molecule has 1 aliphatic rings. The molecule has 1 fully saturated rings. The van der Waals surface area contributed by atoms with Crippen molar-refractivity contribution in [2.75, 3.05) is 49.8 Å². The molecule has 0 spiro atoms. The predicted molar refractivity (Wildman–Crippen MR) is 102 cm³/mol. The Labute approximate surface area is 154 Å². The van der Waals surface area contributed by atoms with Crippen molar-refractivity contribution in [3.63, 3.8) is 0 Å². The van der Waals surface area contributed by atoms with Gasteiger partial charge in [-0.1, -0.05) is 6.92 Å². The van der Waals surface area contributed by atoms with Gasteiger partial charge < -0.3 is 15.1 Å². The van der Waals surface area contributed by atoms with Crippen molar-refractivity contribution < 1.29 is 18.0 Å². The number of benzene rings is 1. The predicted octanol–water partition coefficient (Wildman–Crippen LogP) is 0.256. The van der Waals surface area contributed by atoms with E-state index < -0.39 is 16.1 Å². The quantitative estimate of drug-likeness (QED) is 0.730. The highest BCUT2D eigenvalue weighted by Crippen LogP contribution is 2.26. The van der Waals surface area contributed by atoms with Gasteiger partial charge in [0.25, 0.3) is 0 Å². The number of nitrogens with zero attached hydrogens (tertiary/aromatic N) is 3. The number of anilines is 2. The van der Waals surface area contributed by atoms with Gasteiger partial charge in [0.2, 0.25) is 21.8 Å². The van der Waals surface area contributed by atoms with Gasteiger partial charge in [-0.3, -0.25) is 9.59 Å². The Morgan fingerprint density at radius 2 is 1.88 bits per heavy atom. The molecule has 1 N–H and O–H groups in total. The van der Waals surface area contributed by atoms with E-state index in [2.05, 4.69) is 5.32 Å². The molecule has 8 nitrogen and oxygen atoms in total. The normalized spacial score (nSPS) is 17.8. The van der Waals surface area contributed by atoms with Crippen molar-refractivity contribution >= 4 is 33.2 Å². The van der Waals surface area contributed by atoms with Gasteiger partial charge in [0.1, 0.15) is 6.04 Å². The summed E-state index contributed by atoms with van der Waals surface area (Å²) in [6.07, 6.45) is 1.54. The number of sulfonamides is 1. The van der Waals surface area contributed by atoms with Crippen LogP contribution in [0.25, 0.3) is 0 Å². The molecule has 1 atom stereocenters. The van der Waals surface area contributed by atoms with Gasteiger partial charge in [-0.2, -0.15) is 4.31 Å². The zero-order valence-corrected chi connectivity index (χ0v) is 16.4. The molecule has 1 aromatic carbocycles. The Kier molecular flexibility index (Phi) is 6.38. The van der Waals surface area contributed by atoms with E-state index in [1.54, 1.807) is 41.1 Å². The van der Waals surface area contributed by atoms with Gasteiger partial charge in [-0.15, -0.1) is 0 Å². The lowest BCUT2D eigenvalue weighted by molar-refractivity contribution is -0.120. The fourth-order valence-corrected chi connectivity index (χ4v) is 3.50. The molecular weight excluding hydrogens is 356 g/mol. The van der Waals surface area contributed by atoms with Gasteiger partial charge in [0.15, 0.2) is 0 Å². The molecule has 1 heterocycles. The maximum Gasteiger partial charge on any atom is 0.245 e. The van der Waals surface area contributed by atoms with E-state index in [0.29, 0.717) is 18.7 Å². The number of amides is 2. The fraction of sp³-hybridized carbons (Fsp3) is 0.529. The first kappa shape index (κ1) is 20.3. The Hall–Kier alpha value is -1.97. The molecule has 0 radical (unpaired) electrons. The van der Waals surface area contributed by atoms with E-state index in [1.807, 2.05) is 6.92 Å². The van der Waals surface area contributed by atoms with Crippen molar-refractivity contribution in [3.05, 3.63) is 24.3 Å². The van der Waals surface area contributed by atoms with E-state index in [4.69, 9.17) is 0 Å². The summed E-state index contributed by atoms with van der Waals surface area (Å²) in [4.78, 5) is 27.8. The van der Waals surface area contributed by atoms with Crippen molar-refractivity contribution in [1.82, 2.24) is 9.62 Å². The highest BCUT2D eigenvalue weighted by Gasteiger charge is 2.38. The minimum atomic E-state index is -3.42. The fourth-order valence-electron chi connectivity index (χ4n) is 2.84. The van der Waals surface area contributed by atoms with E-state index in [0.717, 1.165) is 22.8 Å². The van der Waals surface area contributed by atoms with Gasteiger partial charge in [0.05, 0.1) is 12.8 Å². The number of rotatable bonds is 7. The van der Waals surface area contributed by atoms with Gasteiger partial charge in [-0.25, -0.2) is 8.42 Å². The topological polar surface area (TPSA) is 90.0 Å². The summed E-state index contributed by atoms with van der Waals surface area (Å²) in [5, 5.41) is 2.99. The van der Waals surface area contributed by atoms with Crippen LogP contribution >= 0.6 is 0 Å². The third-order valence-electron chi connectivity index (χ3n) is 4.59. The van der Waals surface area contributed by atoms with Crippen LogP contribution in [0.1, 0.15) is 13.3 Å². The van der Waals surface area contributed by atoms with Crippen LogP contribution in [-0.2, 0) is 19.6 Å². The highest BCUT2D eigenvalue weighted by molar-refractivity contribution is 7.88. The van der Waals surface area contributed by atoms with Crippen molar-refractivity contribution in [3.8, 4) is 0 Å². The molecule has 2 rings (SSSR count). The second-order valence-electron chi connectivity index (χ2n) is 6.32. The van der Waals surface area contributed by atoms with Crippen molar-refractivity contribution in [2.24, 2.45) is 0 Å². The molecular formula is C17H26N4O4S. The Bertz CT molecular complexity index is 763. The van der Waals surface area contributed by atoms with Crippen LogP contribution in [0.3, 0.4) is 0 Å². The van der Waals surface area contributed by atoms with Gasteiger partial charge in [-0.05, 0) is 37.2 Å². The summed E-state index contributed by atoms with van der Waals surface area (Å²) in [6.45, 7) is 3.37. The first-order valence-corrected chi connectivity index (χ1v) is 10.3. The highest BCUT2D eigenvalue weighted by atomic mass is 32.2. The maximum absolute atomic E-state index is 12.6. The molecule has 26 heavy (non-hydrogen) atoms. The second kappa shape index (κ2) is 8.15. The van der Waals surface area contributed by atoms with Crippen LogP contribution < -0.4 is 15.1 Å². The zero-order chi connectivity index (χ0) is 19.5. The Morgan fingerprint density at radius 1 is 1.27 bits per heavy atom. The van der Waals surface area contributed by atoms with E-state index in [-0.39, 0.29) is 18.4 Å². The molecule has 9 heteroatoms. The lowest BCUT2D eigenvalue weighted by Gasteiger charge is -2.22. The van der Waals surface area contributed by atoms with Crippen molar-refractivity contribution in [1.29, 1.82) is 0 Å². The van der Waals surface area contributed by atoms with Crippen LogP contribution in [-0.4, -0.2) is 70.6 Å². The van der Waals surface area contributed by atoms with Crippen molar-refractivity contribution in [2.45, 2.75) is 19.4 Å². The van der Waals surface area contributed by atoms with Crippen LogP contribution in [0, 0.1) is 0 Å². The minimum Gasteiger partial charge on any atom is -0.314 e. The van der Waals surface area contributed by atoms with Crippen LogP contribution in [0.15, 0.2) is 24.3 Å². The van der Waals surface area contributed by atoms with E-state index in [1.165, 1.54) is 7.05 Å². The SMILES string of the molecule is CCNCC(=O)N(C)c1ccc(N2CCC(N(C)S(C)(=O)=O)C2=O)cc1. The minimum absolute atomic E-state index is 0.0494. The maximum atomic E-state index is 12.6. The average molecular weight is 382 g/mol. The first-order valence-electron chi connectivity index (χ1n) is 8.48. The smallest absolute Gasteiger partial charge is 0.245 e. The molecule has 144 valence electrons. The summed E-state index contributed by atoms with van der Waals surface area (Å²) in [7, 11) is -0.297. The third kappa shape index (κ3) is 4.40. The van der Waals surface area contributed by atoms with Crippen LogP contribution in [0.4, 0.5) is 11.4 Å². The molecule has 0 saturated carbocycles. The molecule has 0 aliphatic carbocycles. The molecule has 1 unspecified atom stereocenters. The summed E-state index contributed by atoms with van der Waals surface area (Å²) in [6, 6.07) is 6.43. The summed E-state index contributed by atoms with van der Waals surface area (Å²) in [5.74, 6) is -0.283. The second-order valence-corrected chi connectivity index (χ2v) is 8.37. The summed E-state index contributed by atoms with van der Waals surface area (Å²) in [5.41, 5.74) is 1.42. The Balaban J connectivity index is 2.09. The van der Waals surface area contributed by atoms with Crippen LogP contribution in [0.2, 0.25) is 0 Å². The largest absolute Gasteiger partial charge is 0.314 e. The number of hydrogen-bond donors (Lipinski definition) is 1. The lowest BCUT2D eigenvalue weighted by Crippen LogP contribution is -2.42.